The van der Waals surface area contributed by atoms with E-state index in [0.29, 0.717) is 22.1 Å². The van der Waals surface area contributed by atoms with Crippen LogP contribution < -0.4 is 9.47 Å². The molecule has 0 aliphatic rings. The Hall–Kier alpha value is -3.63. The Balaban J connectivity index is 1.65. The molecule has 0 aliphatic heterocycles. The topological polar surface area (TPSA) is 92.3 Å². The van der Waals surface area contributed by atoms with Crippen molar-refractivity contribution in [2.45, 2.75) is 23.9 Å². The predicted octanol–water partition coefficient (Wildman–Crippen LogP) is 6.07. The highest BCUT2D eigenvalue weighted by Crippen LogP contribution is 2.43. The van der Waals surface area contributed by atoms with Crippen molar-refractivity contribution in [1.29, 1.82) is 0 Å². The summed E-state index contributed by atoms with van der Waals surface area (Å²) in [7, 11) is 1.44. The number of nitrogens with zero attached hydrogens (tertiary/aromatic N) is 4. The fourth-order valence-corrected chi connectivity index (χ4v) is 5.03. The average molecular weight is 529 g/mol. The SMILES string of the molecule is COc1cc([C@H](C[N+](=O)[O-])Sc2nnc(C)n2-c2ccccc2)cc(Cl)c1OCc1ccccc1F. The molecule has 0 amide bonds. The standard InChI is InChI=1S/C25H22ClFN4O4S/c1-16-28-29-25(31(16)19-9-4-3-5-10-19)36-23(14-30(32)33)18-12-20(26)24(22(13-18)34-2)35-15-17-8-6-7-11-21(17)27/h3-13,23H,14-15H2,1-2H3/t23-/m0/s1. The molecule has 0 saturated heterocycles. The van der Waals surface area contributed by atoms with E-state index in [0.717, 1.165) is 5.69 Å². The number of benzene rings is 3. The summed E-state index contributed by atoms with van der Waals surface area (Å²) in [5.74, 6) is 0.753. The van der Waals surface area contributed by atoms with Gasteiger partial charge in [-0.05, 0) is 42.8 Å². The number of nitro groups is 1. The Labute approximate surface area is 216 Å². The molecule has 3 aromatic carbocycles. The zero-order valence-corrected chi connectivity index (χ0v) is 21.0. The van der Waals surface area contributed by atoms with Crippen LogP contribution in [-0.4, -0.2) is 33.3 Å². The molecule has 36 heavy (non-hydrogen) atoms. The average Bonchev–Trinajstić information content (AvgIpc) is 3.23. The van der Waals surface area contributed by atoms with Crippen LogP contribution in [0.2, 0.25) is 5.02 Å². The van der Waals surface area contributed by atoms with Crippen LogP contribution in [-0.2, 0) is 6.61 Å². The van der Waals surface area contributed by atoms with Crippen LogP contribution >= 0.6 is 23.4 Å². The monoisotopic (exact) mass is 528 g/mol. The van der Waals surface area contributed by atoms with Gasteiger partial charge in [0.1, 0.15) is 23.5 Å². The molecule has 0 fully saturated rings. The first-order chi connectivity index (χ1) is 17.4. The molecule has 4 rings (SSSR count). The first kappa shape index (κ1) is 25.5. The molecule has 0 unspecified atom stereocenters. The largest absolute Gasteiger partial charge is 0.493 e. The van der Waals surface area contributed by atoms with Crippen molar-refractivity contribution in [3.8, 4) is 17.2 Å². The van der Waals surface area contributed by atoms with E-state index in [1.165, 1.54) is 24.9 Å². The van der Waals surface area contributed by atoms with Gasteiger partial charge in [-0.2, -0.15) is 0 Å². The Bertz CT molecular complexity index is 1370. The molecule has 0 radical (unpaired) electrons. The van der Waals surface area contributed by atoms with Crippen molar-refractivity contribution in [3.05, 3.63) is 105 Å². The summed E-state index contributed by atoms with van der Waals surface area (Å²) in [5, 5.41) is 20.0. The van der Waals surface area contributed by atoms with Crippen LogP contribution in [0.1, 0.15) is 22.2 Å². The number of hydrogen-bond donors (Lipinski definition) is 0. The lowest BCUT2D eigenvalue weighted by molar-refractivity contribution is -0.479. The van der Waals surface area contributed by atoms with Crippen LogP contribution in [0.15, 0.2) is 71.9 Å². The highest BCUT2D eigenvalue weighted by Gasteiger charge is 2.26. The molecule has 0 saturated carbocycles. The number of methoxy groups -OCH3 is 1. The van der Waals surface area contributed by atoms with E-state index in [2.05, 4.69) is 10.2 Å². The summed E-state index contributed by atoms with van der Waals surface area (Å²) >= 11 is 7.72. The number of halogens is 2. The molecule has 1 heterocycles. The summed E-state index contributed by atoms with van der Waals surface area (Å²) in [6, 6.07) is 19.0. The third-order valence-electron chi connectivity index (χ3n) is 5.33. The first-order valence-electron chi connectivity index (χ1n) is 10.9. The smallest absolute Gasteiger partial charge is 0.220 e. The van der Waals surface area contributed by atoms with Crippen molar-refractivity contribution in [2.75, 3.05) is 13.7 Å². The van der Waals surface area contributed by atoms with E-state index in [4.69, 9.17) is 21.1 Å². The normalized spacial score (nSPS) is 11.8. The minimum absolute atomic E-state index is 0.0609. The maximum Gasteiger partial charge on any atom is 0.220 e. The lowest BCUT2D eigenvalue weighted by Crippen LogP contribution is -2.12. The summed E-state index contributed by atoms with van der Waals surface area (Å²) in [5.41, 5.74) is 1.75. The maximum atomic E-state index is 14.0. The molecule has 8 nitrogen and oxygen atoms in total. The van der Waals surface area contributed by atoms with E-state index >= 15 is 0 Å². The molecule has 0 aliphatic carbocycles. The number of ether oxygens (including phenoxy) is 2. The summed E-state index contributed by atoms with van der Waals surface area (Å²) in [4.78, 5) is 11.2. The molecule has 1 aromatic heterocycles. The number of aryl methyl sites for hydroxylation is 1. The van der Waals surface area contributed by atoms with Crippen molar-refractivity contribution < 1.29 is 18.8 Å². The zero-order chi connectivity index (χ0) is 25.7. The van der Waals surface area contributed by atoms with Crippen molar-refractivity contribution in [2.24, 2.45) is 0 Å². The number of thioether (sulfide) groups is 1. The van der Waals surface area contributed by atoms with Gasteiger partial charge in [-0.1, -0.05) is 59.8 Å². The van der Waals surface area contributed by atoms with Gasteiger partial charge in [0.2, 0.25) is 6.54 Å². The van der Waals surface area contributed by atoms with Gasteiger partial charge in [0, 0.05) is 16.2 Å². The van der Waals surface area contributed by atoms with Crippen molar-refractivity contribution >= 4 is 23.4 Å². The van der Waals surface area contributed by atoms with Gasteiger partial charge in [0.15, 0.2) is 16.7 Å². The molecule has 4 aromatic rings. The van der Waals surface area contributed by atoms with Crippen LogP contribution in [0.3, 0.4) is 0 Å². The minimum Gasteiger partial charge on any atom is -0.493 e. The second kappa shape index (κ2) is 11.4. The van der Waals surface area contributed by atoms with Gasteiger partial charge < -0.3 is 9.47 Å². The molecule has 1 atom stereocenters. The third-order valence-corrected chi connectivity index (χ3v) is 6.79. The lowest BCUT2D eigenvalue weighted by Gasteiger charge is -2.18. The Morgan fingerprint density at radius 2 is 1.86 bits per heavy atom. The van der Waals surface area contributed by atoms with Crippen LogP contribution in [0.4, 0.5) is 4.39 Å². The van der Waals surface area contributed by atoms with E-state index in [-0.39, 0.29) is 29.7 Å². The van der Waals surface area contributed by atoms with E-state index < -0.39 is 16.0 Å². The maximum absolute atomic E-state index is 14.0. The van der Waals surface area contributed by atoms with Gasteiger partial charge in [-0.25, -0.2) is 4.39 Å². The van der Waals surface area contributed by atoms with Crippen LogP contribution in [0.5, 0.6) is 11.5 Å². The van der Waals surface area contributed by atoms with E-state index in [1.54, 1.807) is 30.3 Å². The first-order valence-corrected chi connectivity index (χ1v) is 12.1. The van der Waals surface area contributed by atoms with Crippen molar-refractivity contribution in [3.63, 3.8) is 0 Å². The number of hydrogen-bond acceptors (Lipinski definition) is 7. The predicted molar refractivity (Wildman–Crippen MR) is 135 cm³/mol. The van der Waals surface area contributed by atoms with Gasteiger partial charge >= 0.3 is 0 Å². The third kappa shape index (κ3) is 5.77. The molecule has 0 bridgehead atoms. The van der Waals surface area contributed by atoms with Gasteiger partial charge in [-0.3, -0.25) is 14.7 Å². The van der Waals surface area contributed by atoms with Gasteiger partial charge in [0.25, 0.3) is 0 Å². The summed E-state index contributed by atoms with van der Waals surface area (Å²) in [6.07, 6.45) is 0. The Kier molecular flexibility index (Phi) is 8.07. The fourth-order valence-electron chi connectivity index (χ4n) is 3.60. The molecule has 0 spiro atoms. The number of aromatic nitrogens is 3. The molecule has 11 heteroatoms. The lowest BCUT2D eigenvalue weighted by atomic mass is 10.1. The molecular formula is C25H22ClFN4O4S. The molecular weight excluding hydrogens is 507 g/mol. The quantitative estimate of drug-likeness (QED) is 0.140. The second-order valence-corrected chi connectivity index (χ2v) is 9.31. The zero-order valence-electron chi connectivity index (χ0n) is 19.4. The number of rotatable bonds is 10. The molecule has 186 valence electrons. The molecule has 0 N–H and O–H groups in total. The van der Waals surface area contributed by atoms with Crippen LogP contribution in [0.25, 0.3) is 5.69 Å². The fraction of sp³-hybridized carbons (Fsp3) is 0.200. The number of para-hydroxylation sites is 1. The highest BCUT2D eigenvalue weighted by atomic mass is 35.5. The summed E-state index contributed by atoms with van der Waals surface area (Å²) in [6.45, 7) is 1.36. The highest BCUT2D eigenvalue weighted by molar-refractivity contribution is 7.99. The second-order valence-electron chi connectivity index (χ2n) is 7.74. The van der Waals surface area contributed by atoms with E-state index in [1.807, 2.05) is 41.8 Å². The minimum atomic E-state index is -0.655. The van der Waals surface area contributed by atoms with E-state index in [9.17, 15) is 14.5 Å². The van der Waals surface area contributed by atoms with Crippen molar-refractivity contribution in [1.82, 2.24) is 14.8 Å². The van der Waals surface area contributed by atoms with Gasteiger partial charge in [0.05, 0.1) is 12.1 Å². The van der Waals surface area contributed by atoms with Crippen LogP contribution in [0, 0.1) is 22.9 Å². The Morgan fingerprint density at radius 3 is 2.56 bits per heavy atom. The Morgan fingerprint density at radius 1 is 1.14 bits per heavy atom. The summed E-state index contributed by atoms with van der Waals surface area (Å²) < 4.78 is 27.1. The van der Waals surface area contributed by atoms with Gasteiger partial charge in [-0.15, -0.1) is 10.2 Å².